The van der Waals surface area contributed by atoms with Gasteiger partial charge in [-0.15, -0.1) is 11.8 Å². The minimum absolute atomic E-state index is 0.0324. The second-order valence-electron chi connectivity index (χ2n) is 5.20. The zero-order chi connectivity index (χ0) is 14.9. The normalized spacial score (nSPS) is 19.3. The average molecular weight is 298 g/mol. The molecule has 1 atom stereocenters. The predicted molar refractivity (Wildman–Crippen MR) is 74.2 cm³/mol. The first-order valence-corrected chi connectivity index (χ1v) is 7.42. The summed E-state index contributed by atoms with van der Waals surface area (Å²) < 4.78 is 5.08. The van der Waals surface area contributed by atoms with Crippen LogP contribution in [0.25, 0.3) is 0 Å². The number of nitrogens with one attached hydrogen (secondary N) is 1. The first-order chi connectivity index (χ1) is 9.31. The number of carbonyl (C=O) groups is 2. The highest BCUT2D eigenvalue weighted by Gasteiger charge is 2.43. The van der Waals surface area contributed by atoms with E-state index in [0.717, 1.165) is 0 Å². The number of amides is 3. The third kappa shape index (κ3) is 2.95. The molecule has 1 saturated heterocycles. The Kier molecular flexibility index (Phi) is 4.03. The second-order valence-corrected chi connectivity index (χ2v) is 6.65. The van der Waals surface area contributed by atoms with Crippen molar-refractivity contribution in [3.05, 3.63) is 11.7 Å². The molecule has 7 nitrogen and oxygen atoms in total. The number of aromatic nitrogens is 2. The van der Waals surface area contributed by atoms with Crippen LogP contribution in [0.3, 0.4) is 0 Å². The average Bonchev–Trinajstić information content (AvgIpc) is 2.86. The molecule has 1 unspecified atom stereocenters. The molecule has 2 heterocycles. The van der Waals surface area contributed by atoms with E-state index in [0.29, 0.717) is 24.0 Å². The van der Waals surface area contributed by atoms with Crippen molar-refractivity contribution in [2.24, 2.45) is 0 Å². The van der Waals surface area contributed by atoms with Crippen molar-refractivity contribution in [2.45, 2.75) is 38.5 Å². The molecule has 1 aliphatic heterocycles. The molecule has 110 valence electrons. The first kappa shape index (κ1) is 14.8. The van der Waals surface area contributed by atoms with Crippen molar-refractivity contribution in [1.82, 2.24) is 20.4 Å². The van der Waals surface area contributed by atoms with E-state index in [2.05, 4.69) is 15.5 Å². The van der Waals surface area contributed by atoms with Crippen LogP contribution in [0.4, 0.5) is 4.79 Å². The van der Waals surface area contributed by atoms with Gasteiger partial charge in [-0.1, -0.05) is 5.16 Å². The van der Waals surface area contributed by atoms with Crippen LogP contribution in [0.1, 0.15) is 37.7 Å². The molecule has 0 radical (unpaired) electrons. The van der Waals surface area contributed by atoms with Gasteiger partial charge >= 0.3 is 6.03 Å². The fraction of sp³-hybridized carbons (Fsp3) is 0.667. The summed E-state index contributed by atoms with van der Waals surface area (Å²) in [5.74, 6) is 1.59. The zero-order valence-electron chi connectivity index (χ0n) is 12.0. The van der Waals surface area contributed by atoms with Gasteiger partial charge in [0, 0.05) is 12.3 Å². The molecule has 0 aliphatic carbocycles. The molecule has 8 heteroatoms. The van der Waals surface area contributed by atoms with Gasteiger partial charge < -0.3 is 9.84 Å². The van der Waals surface area contributed by atoms with Gasteiger partial charge in [0.15, 0.2) is 5.82 Å². The Balaban J connectivity index is 1.84. The highest BCUT2D eigenvalue weighted by atomic mass is 32.2. The molecule has 1 aromatic rings. The van der Waals surface area contributed by atoms with Gasteiger partial charge in [0.25, 0.3) is 5.91 Å². The smallest absolute Gasteiger partial charge is 0.325 e. The molecule has 0 saturated carbocycles. The fourth-order valence-electron chi connectivity index (χ4n) is 1.89. The summed E-state index contributed by atoms with van der Waals surface area (Å²) >= 11 is 1.56. The summed E-state index contributed by atoms with van der Waals surface area (Å²) in [6.45, 7) is 7.48. The van der Waals surface area contributed by atoms with Crippen molar-refractivity contribution < 1.29 is 14.1 Å². The van der Waals surface area contributed by atoms with E-state index in [1.165, 1.54) is 4.90 Å². The maximum Gasteiger partial charge on any atom is 0.325 e. The fourth-order valence-corrected chi connectivity index (χ4v) is 2.77. The van der Waals surface area contributed by atoms with Gasteiger partial charge in [0.1, 0.15) is 5.54 Å². The van der Waals surface area contributed by atoms with Crippen LogP contribution in [-0.2, 0) is 4.79 Å². The molecule has 1 aliphatic rings. The lowest BCUT2D eigenvalue weighted by atomic mass is 10.1. The third-order valence-corrected chi connectivity index (χ3v) is 4.14. The zero-order valence-corrected chi connectivity index (χ0v) is 12.8. The Labute approximate surface area is 121 Å². The molecule has 0 bridgehead atoms. The lowest BCUT2D eigenvalue weighted by Gasteiger charge is -2.16. The van der Waals surface area contributed by atoms with Gasteiger partial charge in [-0.25, -0.2) is 4.79 Å². The van der Waals surface area contributed by atoms with Gasteiger partial charge in [0.2, 0.25) is 5.89 Å². The molecule has 20 heavy (non-hydrogen) atoms. The number of rotatable bonds is 5. The maximum absolute atomic E-state index is 12.0. The molecule has 0 aromatic carbocycles. The maximum atomic E-state index is 12.0. The highest BCUT2D eigenvalue weighted by molar-refractivity contribution is 7.99. The van der Waals surface area contributed by atoms with Crippen molar-refractivity contribution >= 4 is 23.7 Å². The number of thioether (sulfide) groups is 1. The Hall–Kier alpha value is -1.57. The van der Waals surface area contributed by atoms with Crippen molar-refractivity contribution in [2.75, 3.05) is 12.3 Å². The van der Waals surface area contributed by atoms with E-state index in [1.807, 2.05) is 6.92 Å². The van der Waals surface area contributed by atoms with Crippen molar-refractivity contribution in [3.63, 3.8) is 0 Å². The molecule has 0 spiro atoms. The Morgan fingerprint density at radius 2 is 2.15 bits per heavy atom. The number of imide groups is 1. The lowest BCUT2D eigenvalue weighted by molar-refractivity contribution is -0.130. The largest absolute Gasteiger partial charge is 0.338 e. The quantitative estimate of drug-likeness (QED) is 0.829. The predicted octanol–water partition coefficient (Wildman–Crippen LogP) is 1.50. The van der Waals surface area contributed by atoms with Crippen LogP contribution < -0.4 is 5.32 Å². The van der Waals surface area contributed by atoms with E-state index in [-0.39, 0.29) is 17.2 Å². The van der Waals surface area contributed by atoms with Crippen LogP contribution in [-0.4, -0.2) is 44.8 Å². The number of hydrogen-bond donors (Lipinski definition) is 1. The van der Waals surface area contributed by atoms with E-state index >= 15 is 0 Å². The standard InChI is InChI=1S/C12H18N4O3S/c1-7(9-13-8(2)15-19-9)20-6-5-16-10(17)12(3,4)14-11(16)18/h7H,5-6H2,1-4H3,(H,14,18). The molecular formula is C12H18N4O3S. The monoisotopic (exact) mass is 298 g/mol. The molecule has 1 N–H and O–H groups in total. The van der Waals surface area contributed by atoms with Crippen molar-refractivity contribution in [3.8, 4) is 0 Å². The Morgan fingerprint density at radius 1 is 1.45 bits per heavy atom. The molecule has 1 fully saturated rings. The lowest BCUT2D eigenvalue weighted by Crippen LogP contribution is -2.40. The minimum Gasteiger partial charge on any atom is -0.338 e. The van der Waals surface area contributed by atoms with Gasteiger partial charge in [0.05, 0.1) is 5.25 Å². The topological polar surface area (TPSA) is 88.3 Å². The summed E-state index contributed by atoms with van der Waals surface area (Å²) in [5, 5.41) is 6.42. The van der Waals surface area contributed by atoms with E-state index in [9.17, 15) is 9.59 Å². The second kappa shape index (κ2) is 5.43. The third-order valence-electron chi connectivity index (χ3n) is 3.02. The van der Waals surface area contributed by atoms with Crippen LogP contribution in [0, 0.1) is 6.92 Å². The number of carbonyl (C=O) groups excluding carboxylic acids is 2. The number of aryl methyl sites for hydroxylation is 1. The number of nitrogens with zero attached hydrogens (tertiary/aromatic N) is 3. The summed E-state index contributed by atoms with van der Waals surface area (Å²) in [7, 11) is 0. The molecule has 2 rings (SSSR count). The van der Waals surface area contributed by atoms with Crippen molar-refractivity contribution in [1.29, 1.82) is 0 Å². The first-order valence-electron chi connectivity index (χ1n) is 6.37. The van der Waals surface area contributed by atoms with Gasteiger partial charge in [-0.3, -0.25) is 9.69 Å². The van der Waals surface area contributed by atoms with E-state index in [4.69, 9.17) is 4.52 Å². The van der Waals surface area contributed by atoms with E-state index in [1.54, 1.807) is 32.5 Å². The molecule has 3 amide bonds. The Morgan fingerprint density at radius 3 is 2.65 bits per heavy atom. The molecular weight excluding hydrogens is 280 g/mol. The van der Waals surface area contributed by atoms with Crippen LogP contribution in [0.5, 0.6) is 0 Å². The number of hydrogen-bond acceptors (Lipinski definition) is 6. The van der Waals surface area contributed by atoms with Crippen LogP contribution in [0.15, 0.2) is 4.52 Å². The van der Waals surface area contributed by atoms with E-state index < -0.39 is 5.54 Å². The summed E-state index contributed by atoms with van der Waals surface area (Å²) in [6, 6.07) is -0.332. The summed E-state index contributed by atoms with van der Waals surface area (Å²) in [4.78, 5) is 29.1. The minimum atomic E-state index is -0.809. The number of urea groups is 1. The van der Waals surface area contributed by atoms with Crippen LogP contribution in [0.2, 0.25) is 0 Å². The molecule has 1 aromatic heterocycles. The summed E-state index contributed by atoms with van der Waals surface area (Å²) in [6.07, 6.45) is 0. The highest BCUT2D eigenvalue weighted by Crippen LogP contribution is 2.27. The SMILES string of the molecule is Cc1noc(C(C)SCCN2C(=O)NC(C)(C)C2=O)n1. The Bertz CT molecular complexity index is 529. The van der Waals surface area contributed by atoms with Crippen LogP contribution >= 0.6 is 11.8 Å². The van der Waals surface area contributed by atoms with Gasteiger partial charge in [-0.2, -0.15) is 4.98 Å². The van der Waals surface area contributed by atoms with Gasteiger partial charge in [-0.05, 0) is 27.7 Å². The summed E-state index contributed by atoms with van der Waals surface area (Å²) in [5.41, 5.74) is -0.809.